The van der Waals surface area contributed by atoms with Gasteiger partial charge in [0.2, 0.25) is 4.90 Å². The van der Waals surface area contributed by atoms with E-state index >= 15 is 0 Å². The van der Waals surface area contributed by atoms with Crippen molar-refractivity contribution in [3.05, 3.63) is 174 Å². The highest BCUT2D eigenvalue weighted by molar-refractivity contribution is 7.97. The van der Waals surface area contributed by atoms with Crippen LogP contribution in [0.15, 0.2) is 166 Å². The second-order valence-electron chi connectivity index (χ2n) is 11.3. The Kier molecular flexibility index (Phi) is 9.80. The van der Waals surface area contributed by atoms with Crippen molar-refractivity contribution >= 4 is 21.0 Å². The number of rotatable bonds is 7. The van der Waals surface area contributed by atoms with E-state index in [0.717, 1.165) is 11.5 Å². The van der Waals surface area contributed by atoms with Crippen LogP contribution in [0.5, 0.6) is 11.5 Å². The van der Waals surface area contributed by atoms with Crippen molar-refractivity contribution in [3.8, 4) is 22.6 Å². The lowest BCUT2D eigenvalue weighted by Gasteiger charge is -2.34. The quantitative estimate of drug-likeness (QED) is 0.0936. The monoisotopic (exact) mass is 712 g/mol. The van der Waals surface area contributed by atoms with Gasteiger partial charge >= 0.3 is 5.51 Å². The van der Waals surface area contributed by atoms with Gasteiger partial charge in [-0.2, -0.15) is 13.2 Å². The topological polar surface area (TPSA) is 75.7 Å². The van der Waals surface area contributed by atoms with E-state index in [0.29, 0.717) is 0 Å². The molecule has 0 fully saturated rings. The van der Waals surface area contributed by atoms with E-state index < -0.39 is 21.0 Å². The van der Waals surface area contributed by atoms with Gasteiger partial charge in [0.05, 0.1) is 19.6 Å². The predicted octanol–water partition coefficient (Wildman–Crippen LogP) is 9.21. The van der Waals surface area contributed by atoms with Crippen molar-refractivity contribution in [2.24, 2.45) is 0 Å². The minimum Gasteiger partial charge on any atom is -0.741 e. The van der Waals surface area contributed by atoms with Gasteiger partial charge in [0.15, 0.2) is 25.7 Å². The summed E-state index contributed by atoms with van der Waals surface area (Å²) in [5, 5.41) is 0. The lowest BCUT2D eigenvalue weighted by Crippen LogP contribution is -2.29. The average molecular weight is 713 g/mol. The minimum atomic E-state index is -6.09. The fraction of sp³-hybridized carbons (Fsp3) is 0.100. The Bertz CT molecular complexity index is 2120. The van der Waals surface area contributed by atoms with E-state index in [4.69, 9.17) is 22.4 Å². The van der Waals surface area contributed by atoms with Crippen molar-refractivity contribution in [2.75, 3.05) is 14.2 Å². The summed E-state index contributed by atoms with van der Waals surface area (Å²) < 4.78 is 70.6. The maximum Gasteiger partial charge on any atom is 0.485 e. The van der Waals surface area contributed by atoms with E-state index in [-0.39, 0.29) is 10.9 Å². The molecule has 0 aliphatic heterocycles. The average Bonchev–Trinajstić information content (AvgIpc) is 3.43. The molecule has 6 aromatic rings. The van der Waals surface area contributed by atoms with Crippen molar-refractivity contribution in [3.63, 3.8) is 0 Å². The third kappa shape index (κ3) is 6.37. The third-order valence-corrected chi connectivity index (χ3v) is 11.3. The molecule has 0 radical (unpaired) electrons. The summed E-state index contributed by atoms with van der Waals surface area (Å²) in [4.78, 5) is 3.68. The minimum absolute atomic E-state index is 0.377. The van der Waals surface area contributed by atoms with Crippen molar-refractivity contribution in [2.45, 2.75) is 25.6 Å². The summed E-state index contributed by atoms with van der Waals surface area (Å²) in [5.41, 5.74) is 1.37. The molecule has 0 saturated carbocycles. The predicted molar refractivity (Wildman–Crippen MR) is 188 cm³/mol. The standard InChI is InChI=1S/C39H31O2S.CHF3O3S/c1-40-30-24-21-28(22-25-30)39(35-19-11-9-17-33(35)34-18-10-12-20-36(34)39)29-23-26-37(41-2)38(27-29)42(31-13-5-3-6-14-31)32-15-7-4-8-16-32;2-1(3,4)8(5,6)7/h3-27H,1-2H3;(H,5,6,7)/q+1;/p-1. The number of fused-ring (bicyclic) bond motifs is 3. The van der Waals surface area contributed by atoms with E-state index in [2.05, 4.69) is 152 Å². The molecule has 1 aliphatic carbocycles. The van der Waals surface area contributed by atoms with Gasteiger partial charge in [0.1, 0.15) is 16.6 Å². The molecule has 0 atom stereocenters. The fourth-order valence-corrected chi connectivity index (χ4v) is 8.67. The Morgan fingerprint density at radius 1 is 0.600 bits per heavy atom. The molecule has 0 heterocycles. The van der Waals surface area contributed by atoms with Gasteiger partial charge in [0.25, 0.3) is 0 Å². The normalized spacial score (nSPS) is 13.1. The van der Waals surface area contributed by atoms with Gasteiger partial charge in [-0.15, -0.1) is 0 Å². The zero-order valence-corrected chi connectivity index (χ0v) is 28.6. The molecule has 0 spiro atoms. The van der Waals surface area contributed by atoms with E-state index in [1.807, 2.05) is 0 Å². The maximum absolute atomic E-state index is 10.7. The largest absolute Gasteiger partial charge is 0.741 e. The first-order chi connectivity index (χ1) is 24.0. The van der Waals surface area contributed by atoms with Crippen LogP contribution in [-0.2, 0) is 26.4 Å². The van der Waals surface area contributed by atoms with E-state index in [1.165, 1.54) is 48.1 Å². The number of hydrogen-bond acceptors (Lipinski definition) is 5. The molecule has 7 rings (SSSR count). The summed E-state index contributed by atoms with van der Waals surface area (Å²) in [6, 6.07) is 54.6. The van der Waals surface area contributed by atoms with Crippen LogP contribution in [0.1, 0.15) is 22.3 Å². The molecule has 10 heteroatoms. The third-order valence-electron chi connectivity index (χ3n) is 8.53. The highest BCUT2D eigenvalue weighted by Gasteiger charge is 2.47. The molecule has 1 aliphatic rings. The highest BCUT2D eigenvalue weighted by Crippen LogP contribution is 2.57. The molecule has 50 heavy (non-hydrogen) atoms. The van der Waals surface area contributed by atoms with E-state index in [9.17, 15) is 13.2 Å². The Balaban J connectivity index is 0.000000485. The van der Waals surface area contributed by atoms with Gasteiger partial charge in [-0.05, 0) is 75.8 Å². The van der Waals surface area contributed by atoms with Crippen molar-refractivity contribution in [1.82, 2.24) is 0 Å². The number of alkyl halides is 3. The van der Waals surface area contributed by atoms with Crippen LogP contribution in [0.2, 0.25) is 0 Å². The second-order valence-corrected chi connectivity index (χ2v) is 14.6. The molecule has 0 saturated heterocycles. The molecule has 5 nitrogen and oxygen atoms in total. The summed E-state index contributed by atoms with van der Waals surface area (Å²) in [5.74, 6) is 1.73. The summed E-state index contributed by atoms with van der Waals surface area (Å²) >= 11 is 0. The van der Waals surface area contributed by atoms with Crippen LogP contribution >= 0.6 is 0 Å². The van der Waals surface area contributed by atoms with Gasteiger partial charge < -0.3 is 14.0 Å². The van der Waals surface area contributed by atoms with Gasteiger partial charge in [-0.1, -0.05) is 103 Å². The Morgan fingerprint density at radius 3 is 1.48 bits per heavy atom. The number of hydrogen-bond donors (Lipinski definition) is 0. The molecule has 6 aromatic carbocycles. The zero-order chi connectivity index (χ0) is 35.5. The summed E-state index contributed by atoms with van der Waals surface area (Å²) in [6.07, 6.45) is 0. The molecule has 0 amide bonds. The lowest BCUT2D eigenvalue weighted by atomic mass is 9.67. The molecule has 0 unspecified atom stereocenters. The molecule has 0 N–H and O–H groups in total. The zero-order valence-electron chi connectivity index (χ0n) is 26.9. The van der Waals surface area contributed by atoms with Crippen LogP contribution in [0.3, 0.4) is 0 Å². The molecule has 0 bridgehead atoms. The van der Waals surface area contributed by atoms with Crippen LogP contribution < -0.4 is 9.47 Å². The van der Waals surface area contributed by atoms with Crippen LogP contribution in [-0.4, -0.2) is 32.7 Å². The first kappa shape index (κ1) is 34.8. The van der Waals surface area contributed by atoms with Gasteiger partial charge in [0, 0.05) is 6.07 Å². The number of ether oxygens (including phenoxy) is 2. The van der Waals surface area contributed by atoms with Crippen molar-refractivity contribution in [1.29, 1.82) is 0 Å². The molecular weight excluding hydrogens is 682 g/mol. The van der Waals surface area contributed by atoms with Gasteiger partial charge in [-0.3, -0.25) is 0 Å². The van der Waals surface area contributed by atoms with Crippen LogP contribution in [0, 0.1) is 0 Å². The highest BCUT2D eigenvalue weighted by atomic mass is 32.2. The maximum atomic E-state index is 10.7. The number of benzene rings is 6. The van der Waals surface area contributed by atoms with Gasteiger partial charge in [-0.25, -0.2) is 8.42 Å². The lowest BCUT2D eigenvalue weighted by molar-refractivity contribution is -0.0517. The number of methoxy groups -OCH3 is 2. The van der Waals surface area contributed by atoms with E-state index in [1.54, 1.807) is 14.2 Å². The van der Waals surface area contributed by atoms with Crippen molar-refractivity contribution < 1.29 is 35.6 Å². The Morgan fingerprint density at radius 2 is 1.04 bits per heavy atom. The molecule has 0 aromatic heterocycles. The second kappa shape index (κ2) is 14.1. The first-order valence-corrected chi connectivity index (χ1v) is 18.0. The Labute approximate surface area is 292 Å². The molecular formula is C40H31F3O5S2. The smallest absolute Gasteiger partial charge is 0.485 e. The Hall–Kier alpha value is -5.03. The molecule has 254 valence electrons. The fourth-order valence-electron chi connectivity index (χ4n) is 6.44. The van der Waals surface area contributed by atoms with Crippen LogP contribution in [0.4, 0.5) is 13.2 Å². The number of halogens is 3. The SMILES string of the molecule is COc1ccc(C2(c3ccc(OC)c([S+](c4ccccc4)c4ccccc4)c3)c3ccccc3-c3ccccc32)cc1.O=S(=O)([O-])C(F)(F)F. The first-order valence-electron chi connectivity index (χ1n) is 15.4. The summed E-state index contributed by atoms with van der Waals surface area (Å²) in [6.45, 7) is 0. The van der Waals surface area contributed by atoms with Crippen LogP contribution in [0.25, 0.3) is 11.1 Å². The summed E-state index contributed by atoms with van der Waals surface area (Å²) in [7, 11) is -2.98.